The van der Waals surface area contributed by atoms with Gasteiger partial charge in [0.15, 0.2) is 0 Å². The van der Waals surface area contributed by atoms with Gasteiger partial charge in [0.05, 0.1) is 5.60 Å². The van der Waals surface area contributed by atoms with Crippen molar-refractivity contribution in [1.82, 2.24) is 4.90 Å². The van der Waals surface area contributed by atoms with Gasteiger partial charge in [0.1, 0.15) is 0 Å². The second kappa shape index (κ2) is 6.33. The van der Waals surface area contributed by atoms with Gasteiger partial charge in [-0.25, -0.2) is 0 Å². The third kappa shape index (κ3) is 2.90. The molecular formula is C17H32N2O. The molecule has 0 amide bonds. The predicted molar refractivity (Wildman–Crippen MR) is 82.7 cm³/mol. The lowest BCUT2D eigenvalue weighted by Gasteiger charge is -2.48. The van der Waals surface area contributed by atoms with Crippen LogP contribution in [0.25, 0.3) is 0 Å². The molecular weight excluding hydrogens is 248 g/mol. The lowest BCUT2D eigenvalue weighted by atomic mass is 9.83. The maximum atomic E-state index is 6.20. The highest BCUT2D eigenvalue weighted by Gasteiger charge is 2.43. The molecule has 1 saturated carbocycles. The Balaban J connectivity index is 1.65. The van der Waals surface area contributed by atoms with Crippen molar-refractivity contribution in [1.29, 1.82) is 0 Å². The summed E-state index contributed by atoms with van der Waals surface area (Å²) in [7, 11) is 0. The van der Waals surface area contributed by atoms with Crippen molar-refractivity contribution in [3.05, 3.63) is 0 Å². The maximum Gasteiger partial charge on any atom is 0.0697 e. The van der Waals surface area contributed by atoms with Crippen LogP contribution in [0.5, 0.6) is 0 Å². The zero-order valence-electron chi connectivity index (χ0n) is 13.2. The number of rotatable bonds is 3. The van der Waals surface area contributed by atoms with Gasteiger partial charge >= 0.3 is 0 Å². The molecule has 1 aliphatic carbocycles. The number of hydrogen-bond donors (Lipinski definition) is 1. The molecule has 0 aromatic carbocycles. The van der Waals surface area contributed by atoms with Crippen LogP contribution in [0.3, 0.4) is 0 Å². The SMILES string of the molecule is CCC1CCN(C2CCOC3(CCCC3)C2)C(CN)C1. The van der Waals surface area contributed by atoms with Gasteiger partial charge in [0.2, 0.25) is 0 Å². The van der Waals surface area contributed by atoms with Crippen LogP contribution in [0.4, 0.5) is 0 Å². The van der Waals surface area contributed by atoms with E-state index in [0.717, 1.165) is 25.1 Å². The standard InChI is InChI=1S/C17H32N2O/c1-2-14-5-9-19(16(11-14)13-18)15-6-10-20-17(12-15)7-3-4-8-17/h14-16H,2-13,18H2,1H3. The van der Waals surface area contributed by atoms with Gasteiger partial charge in [-0.3, -0.25) is 4.90 Å². The van der Waals surface area contributed by atoms with Crippen molar-refractivity contribution in [2.45, 2.75) is 82.4 Å². The first-order chi connectivity index (χ1) is 9.76. The normalized spacial score (nSPS) is 38.4. The third-order valence-electron chi connectivity index (χ3n) is 6.17. The van der Waals surface area contributed by atoms with Crippen molar-refractivity contribution in [3.63, 3.8) is 0 Å². The fraction of sp³-hybridized carbons (Fsp3) is 1.00. The van der Waals surface area contributed by atoms with Crippen molar-refractivity contribution in [2.24, 2.45) is 11.7 Å². The zero-order valence-corrected chi connectivity index (χ0v) is 13.2. The monoisotopic (exact) mass is 280 g/mol. The number of likely N-dealkylation sites (tertiary alicyclic amines) is 1. The molecule has 0 radical (unpaired) electrons. The smallest absolute Gasteiger partial charge is 0.0697 e. The van der Waals surface area contributed by atoms with Crippen LogP contribution in [0.15, 0.2) is 0 Å². The first kappa shape index (κ1) is 14.8. The van der Waals surface area contributed by atoms with Gasteiger partial charge in [0, 0.05) is 25.2 Å². The molecule has 3 rings (SSSR count). The molecule has 2 saturated heterocycles. The Kier molecular flexibility index (Phi) is 4.68. The topological polar surface area (TPSA) is 38.5 Å². The van der Waals surface area contributed by atoms with Gasteiger partial charge in [0.25, 0.3) is 0 Å². The number of nitrogens with zero attached hydrogens (tertiary/aromatic N) is 1. The average Bonchev–Trinajstić information content (AvgIpc) is 2.94. The number of nitrogens with two attached hydrogens (primary N) is 1. The largest absolute Gasteiger partial charge is 0.375 e. The Morgan fingerprint density at radius 2 is 2.05 bits per heavy atom. The average molecular weight is 280 g/mol. The molecule has 3 nitrogen and oxygen atoms in total. The highest BCUT2D eigenvalue weighted by atomic mass is 16.5. The van der Waals surface area contributed by atoms with Gasteiger partial charge in [-0.05, 0) is 51.0 Å². The Hall–Kier alpha value is -0.120. The number of ether oxygens (including phenoxy) is 1. The lowest BCUT2D eigenvalue weighted by Crippen LogP contribution is -2.55. The van der Waals surface area contributed by atoms with Crippen LogP contribution in [0.2, 0.25) is 0 Å². The van der Waals surface area contributed by atoms with Crippen molar-refractivity contribution >= 4 is 0 Å². The number of hydrogen-bond acceptors (Lipinski definition) is 3. The molecule has 3 fully saturated rings. The Bertz CT molecular complexity index is 314. The quantitative estimate of drug-likeness (QED) is 0.864. The van der Waals surface area contributed by atoms with Gasteiger partial charge in [-0.2, -0.15) is 0 Å². The molecule has 2 heterocycles. The van der Waals surface area contributed by atoms with E-state index < -0.39 is 0 Å². The van der Waals surface area contributed by atoms with Crippen LogP contribution >= 0.6 is 0 Å². The van der Waals surface area contributed by atoms with E-state index >= 15 is 0 Å². The van der Waals surface area contributed by atoms with E-state index in [9.17, 15) is 0 Å². The minimum Gasteiger partial charge on any atom is -0.375 e. The fourth-order valence-electron chi connectivity index (χ4n) is 4.89. The molecule has 0 aromatic heterocycles. The van der Waals surface area contributed by atoms with Crippen LogP contribution in [-0.4, -0.2) is 42.3 Å². The van der Waals surface area contributed by atoms with Crippen molar-refractivity contribution in [3.8, 4) is 0 Å². The van der Waals surface area contributed by atoms with E-state index in [2.05, 4.69) is 11.8 Å². The maximum absolute atomic E-state index is 6.20. The second-order valence-electron chi connectivity index (χ2n) is 7.31. The van der Waals surface area contributed by atoms with E-state index in [1.54, 1.807) is 0 Å². The molecule has 2 aliphatic heterocycles. The molecule has 20 heavy (non-hydrogen) atoms. The van der Waals surface area contributed by atoms with E-state index in [-0.39, 0.29) is 5.60 Å². The molecule has 3 atom stereocenters. The Morgan fingerprint density at radius 1 is 1.25 bits per heavy atom. The summed E-state index contributed by atoms with van der Waals surface area (Å²) < 4.78 is 6.20. The van der Waals surface area contributed by atoms with Crippen LogP contribution in [0, 0.1) is 5.92 Å². The summed E-state index contributed by atoms with van der Waals surface area (Å²) in [4.78, 5) is 2.76. The molecule has 3 unspecified atom stereocenters. The van der Waals surface area contributed by atoms with Gasteiger partial charge in [-0.1, -0.05) is 26.2 Å². The molecule has 0 bridgehead atoms. The Morgan fingerprint density at radius 3 is 2.75 bits per heavy atom. The summed E-state index contributed by atoms with van der Waals surface area (Å²) >= 11 is 0. The van der Waals surface area contributed by atoms with Crippen LogP contribution < -0.4 is 5.73 Å². The van der Waals surface area contributed by atoms with E-state index in [1.165, 1.54) is 64.3 Å². The highest BCUT2D eigenvalue weighted by Crippen LogP contribution is 2.42. The predicted octanol–water partition coefficient (Wildman–Crippen LogP) is 2.93. The third-order valence-corrected chi connectivity index (χ3v) is 6.17. The van der Waals surface area contributed by atoms with Crippen molar-refractivity contribution < 1.29 is 4.74 Å². The van der Waals surface area contributed by atoms with Crippen LogP contribution in [0.1, 0.15) is 64.7 Å². The summed E-state index contributed by atoms with van der Waals surface area (Å²) in [5.41, 5.74) is 6.33. The molecule has 1 spiro atoms. The van der Waals surface area contributed by atoms with Crippen molar-refractivity contribution in [2.75, 3.05) is 19.7 Å². The van der Waals surface area contributed by atoms with E-state index in [4.69, 9.17) is 10.5 Å². The minimum absolute atomic E-state index is 0.240. The van der Waals surface area contributed by atoms with Crippen LogP contribution in [-0.2, 0) is 4.74 Å². The summed E-state index contributed by atoms with van der Waals surface area (Å²) in [6, 6.07) is 1.35. The summed E-state index contributed by atoms with van der Waals surface area (Å²) in [5, 5.41) is 0. The molecule has 2 N–H and O–H groups in total. The second-order valence-corrected chi connectivity index (χ2v) is 7.31. The molecule has 3 heteroatoms. The summed E-state index contributed by atoms with van der Waals surface area (Å²) in [6.45, 7) is 5.40. The summed E-state index contributed by atoms with van der Waals surface area (Å²) in [5.74, 6) is 0.903. The fourth-order valence-corrected chi connectivity index (χ4v) is 4.89. The Labute approximate surface area is 124 Å². The summed E-state index contributed by atoms with van der Waals surface area (Å²) in [6.07, 6.45) is 11.8. The minimum atomic E-state index is 0.240. The molecule has 0 aromatic rings. The van der Waals surface area contributed by atoms with Gasteiger partial charge in [-0.15, -0.1) is 0 Å². The van der Waals surface area contributed by atoms with E-state index in [0.29, 0.717) is 6.04 Å². The molecule has 116 valence electrons. The van der Waals surface area contributed by atoms with Gasteiger partial charge < -0.3 is 10.5 Å². The first-order valence-electron chi connectivity index (χ1n) is 8.86. The first-order valence-corrected chi connectivity index (χ1v) is 8.86. The lowest BCUT2D eigenvalue weighted by molar-refractivity contribution is -0.111. The highest BCUT2D eigenvalue weighted by molar-refractivity contribution is 4.96. The zero-order chi connectivity index (χ0) is 14.0. The van der Waals surface area contributed by atoms with E-state index in [1.807, 2.05) is 0 Å². The molecule has 3 aliphatic rings. The number of piperidine rings is 1.